The fourth-order valence-electron chi connectivity index (χ4n) is 6.38. The summed E-state index contributed by atoms with van der Waals surface area (Å²) in [4.78, 5) is 44.0. The first-order valence-electron chi connectivity index (χ1n) is 15.3. The lowest BCUT2D eigenvalue weighted by Crippen LogP contribution is -2.14. The Hall–Kier alpha value is -4.53. The minimum absolute atomic E-state index is 0.252. The van der Waals surface area contributed by atoms with E-state index in [0.717, 1.165) is 90.7 Å². The molecule has 0 fully saturated rings. The van der Waals surface area contributed by atoms with Gasteiger partial charge >= 0.3 is 11.9 Å². The molecule has 0 unspecified atom stereocenters. The molecule has 0 saturated heterocycles. The van der Waals surface area contributed by atoms with Crippen LogP contribution < -0.4 is 21.5 Å². The minimum atomic E-state index is -0.252. The number of carbonyl (C=O) groups is 2. The molecule has 0 radical (unpaired) electrons. The average molecular weight is 598 g/mol. The van der Waals surface area contributed by atoms with Gasteiger partial charge in [-0.25, -0.2) is 4.99 Å². The number of aromatic nitrogens is 4. The van der Waals surface area contributed by atoms with Crippen molar-refractivity contribution in [2.45, 2.75) is 80.1 Å². The highest BCUT2D eigenvalue weighted by Gasteiger charge is 2.18. The number of esters is 2. The van der Waals surface area contributed by atoms with E-state index in [1.54, 1.807) is 0 Å². The Balaban J connectivity index is 1.87. The molecule has 0 spiro atoms. The van der Waals surface area contributed by atoms with E-state index in [2.05, 4.69) is 79.7 Å². The molecule has 232 valence electrons. The molecule has 8 bridgehead atoms. The van der Waals surface area contributed by atoms with Gasteiger partial charge in [0.1, 0.15) is 11.3 Å². The van der Waals surface area contributed by atoms with Gasteiger partial charge in [0, 0.05) is 46.0 Å². The van der Waals surface area contributed by atoms with Crippen LogP contribution in [0.2, 0.25) is 0 Å². The second kappa shape index (κ2) is 12.6. The van der Waals surface area contributed by atoms with Crippen LogP contribution in [-0.2, 0) is 44.7 Å². The van der Waals surface area contributed by atoms with Crippen LogP contribution in [0, 0.1) is 27.7 Å². The number of methoxy groups -OCH3 is 2. The highest BCUT2D eigenvalue weighted by Crippen LogP contribution is 2.26. The Labute approximate surface area is 257 Å². The number of fused-ring (bicyclic) bond motifs is 8. The molecule has 4 aromatic rings. The van der Waals surface area contributed by atoms with Crippen molar-refractivity contribution < 1.29 is 19.1 Å². The predicted octanol–water partition coefficient (Wildman–Crippen LogP) is 3.32. The van der Waals surface area contributed by atoms with Crippen molar-refractivity contribution in [2.75, 3.05) is 14.2 Å². The fraction of sp³-hybridized carbons (Fsp3) is 0.400. The first kappa shape index (κ1) is 30.9. The van der Waals surface area contributed by atoms with Crippen molar-refractivity contribution >= 4 is 36.0 Å². The smallest absolute Gasteiger partial charge is 0.305 e. The van der Waals surface area contributed by atoms with E-state index in [-0.39, 0.29) is 24.8 Å². The maximum absolute atomic E-state index is 12.2. The number of aromatic amines is 4. The van der Waals surface area contributed by atoms with Gasteiger partial charge in [0.2, 0.25) is 0 Å². The Morgan fingerprint density at radius 2 is 1.16 bits per heavy atom. The quantitative estimate of drug-likeness (QED) is 0.205. The summed E-state index contributed by atoms with van der Waals surface area (Å²) in [7, 11) is 2.83. The molecule has 4 aromatic heterocycles. The summed E-state index contributed by atoms with van der Waals surface area (Å²) in [6, 6.07) is 0. The van der Waals surface area contributed by atoms with Crippen molar-refractivity contribution in [1.82, 2.24) is 19.9 Å². The molecule has 1 aliphatic rings. The third-order valence-electron chi connectivity index (χ3n) is 9.09. The Morgan fingerprint density at radius 1 is 0.614 bits per heavy atom. The fourth-order valence-corrected chi connectivity index (χ4v) is 6.38. The molecule has 1 aliphatic heterocycles. The summed E-state index contributed by atoms with van der Waals surface area (Å²) in [5.41, 5.74) is 12.6. The molecule has 4 N–H and O–H groups in total. The number of nitrogens with zero attached hydrogens (tertiary/aromatic N) is 1. The molecular formula is C35H43N5O4. The summed E-state index contributed by atoms with van der Waals surface area (Å²) in [5.74, 6) is 0.337. The van der Waals surface area contributed by atoms with Crippen LogP contribution in [-0.4, -0.2) is 46.1 Å². The molecule has 5 rings (SSSR count). The van der Waals surface area contributed by atoms with Gasteiger partial charge in [0.05, 0.1) is 14.2 Å². The normalized spacial score (nSPS) is 12.2. The van der Waals surface area contributed by atoms with Crippen LogP contribution in [0.3, 0.4) is 0 Å². The van der Waals surface area contributed by atoms with Crippen LogP contribution in [0.25, 0.3) is 18.2 Å². The lowest BCUT2D eigenvalue weighted by Gasteiger charge is -2.03. The lowest BCUT2D eigenvalue weighted by atomic mass is 10.0. The second-order valence-electron chi connectivity index (χ2n) is 11.5. The van der Waals surface area contributed by atoms with Gasteiger partial charge in [-0.2, -0.15) is 0 Å². The van der Waals surface area contributed by atoms with Crippen molar-refractivity contribution in [3.05, 3.63) is 83.1 Å². The van der Waals surface area contributed by atoms with Crippen molar-refractivity contribution in [2.24, 2.45) is 4.99 Å². The molecule has 9 nitrogen and oxygen atoms in total. The maximum Gasteiger partial charge on any atom is 0.305 e. The number of carbonyl (C=O) groups excluding carboxylic acids is 2. The third kappa shape index (κ3) is 5.70. The standard InChI is InChI=1S/C35H43N5O4/c1-9-22-21(6)34-39-29(22)16-27-20(5)25(12-14-33(42)44-8)31(37-27)17-30-24(11-13-32(41)43-7)19(4)26(36-30)15-28-18(3)23(10-2)35(38-28)40-34/h15-17,36-37H,9-14H2,1-8H3,(H2,38,39,40). The van der Waals surface area contributed by atoms with E-state index in [1.807, 2.05) is 0 Å². The summed E-state index contributed by atoms with van der Waals surface area (Å²) < 4.78 is 9.93. The van der Waals surface area contributed by atoms with E-state index < -0.39 is 0 Å². The number of H-pyrrole nitrogens is 4. The molecule has 0 saturated carbocycles. The number of ether oxygens (including phenoxy) is 2. The van der Waals surface area contributed by atoms with Gasteiger partial charge in [-0.05, 0) is 116 Å². The Bertz CT molecular complexity index is 2000. The third-order valence-corrected chi connectivity index (χ3v) is 9.09. The number of nitrogens with one attached hydrogen (secondary N) is 4. The molecule has 0 aromatic carbocycles. The largest absolute Gasteiger partial charge is 0.469 e. The number of hydrogen-bond donors (Lipinski definition) is 4. The lowest BCUT2D eigenvalue weighted by molar-refractivity contribution is -0.141. The second-order valence-corrected chi connectivity index (χ2v) is 11.5. The zero-order chi connectivity index (χ0) is 31.7. The SMILES string of the molecule is CCc1c2[nH]c(c1C)N=c1[nH]c(c(C)c1CC)=Cc1[nH]c(c(CCC(=O)OC)c1C)C=c1[nH]c(c(C)c1CCC(=O)OC)=C2. The van der Waals surface area contributed by atoms with E-state index in [4.69, 9.17) is 14.5 Å². The van der Waals surface area contributed by atoms with E-state index in [9.17, 15) is 9.59 Å². The zero-order valence-electron chi connectivity index (χ0n) is 27.1. The van der Waals surface area contributed by atoms with Crippen molar-refractivity contribution in [3.63, 3.8) is 0 Å². The topological polar surface area (TPSA) is 128 Å². The summed E-state index contributed by atoms with van der Waals surface area (Å²) in [6.07, 6.45) is 9.68. The van der Waals surface area contributed by atoms with Crippen LogP contribution >= 0.6 is 0 Å². The highest BCUT2D eigenvalue weighted by molar-refractivity contribution is 5.71. The molecule has 44 heavy (non-hydrogen) atoms. The average Bonchev–Trinajstić information content (AvgIpc) is 3.67. The number of rotatable bonds is 8. The van der Waals surface area contributed by atoms with Crippen LogP contribution in [0.5, 0.6) is 0 Å². The van der Waals surface area contributed by atoms with Crippen LogP contribution in [0.15, 0.2) is 4.99 Å². The van der Waals surface area contributed by atoms with Gasteiger partial charge in [-0.1, -0.05) is 13.8 Å². The predicted molar refractivity (Wildman–Crippen MR) is 172 cm³/mol. The molecule has 9 heteroatoms. The summed E-state index contributed by atoms with van der Waals surface area (Å²) >= 11 is 0. The minimum Gasteiger partial charge on any atom is -0.469 e. The maximum atomic E-state index is 12.2. The monoisotopic (exact) mass is 597 g/mol. The van der Waals surface area contributed by atoms with Crippen molar-refractivity contribution in [3.8, 4) is 0 Å². The number of hydrogen-bond acceptors (Lipinski definition) is 5. The van der Waals surface area contributed by atoms with Gasteiger partial charge in [0.25, 0.3) is 0 Å². The molecule has 0 aliphatic carbocycles. The zero-order valence-corrected chi connectivity index (χ0v) is 27.1. The molecule has 5 heterocycles. The van der Waals surface area contributed by atoms with Crippen LogP contribution in [0.1, 0.15) is 88.3 Å². The van der Waals surface area contributed by atoms with E-state index in [1.165, 1.54) is 25.3 Å². The van der Waals surface area contributed by atoms with Gasteiger partial charge in [-0.3, -0.25) is 9.59 Å². The van der Waals surface area contributed by atoms with Crippen LogP contribution in [0.4, 0.5) is 5.82 Å². The first-order valence-corrected chi connectivity index (χ1v) is 15.3. The molecular weight excluding hydrogens is 554 g/mol. The first-order chi connectivity index (χ1) is 21.1. The van der Waals surface area contributed by atoms with Gasteiger partial charge in [-0.15, -0.1) is 0 Å². The Morgan fingerprint density at radius 3 is 1.80 bits per heavy atom. The summed E-state index contributed by atoms with van der Waals surface area (Å²) in [6.45, 7) is 12.7. The molecule has 0 atom stereocenters. The summed E-state index contributed by atoms with van der Waals surface area (Å²) in [5, 5.41) is 2.87. The van der Waals surface area contributed by atoms with Gasteiger partial charge in [0.15, 0.2) is 0 Å². The van der Waals surface area contributed by atoms with Crippen molar-refractivity contribution in [1.29, 1.82) is 0 Å². The highest BCUT2D eigenvalue weighted by atomic mass is 16.5. The Kier molecular flexibility index (Phi) is 8.85. The molecule has 0 amide bonds. The van der Waals surface area contributed by atoms with E-state index in [0.29, 0.717) is 12.8 Å². The van der Waals surface area contributed by atoms with Gasteiger partial charge < -0.3 is 29.4 Å². The van der Waals surface area contributed by atoms with E-state index >= 15 is 0 Å².